The van der Waals surface area contributed by atoms with Gasteiger partial charge in [0.05, 0.1) is 0 Å². The van der Waals surface area contributed by atoms with Gasteiger partial charge in [-0.05, 0) is 36.5 Å². The first kappa shape index (κ1) is 16.6. The van der Waals surface area contributed by atoms with Crippen LogP contribution >= 0.6 is 0 Å². The van der Waals surface area contributed by atoms with Crippen LogP contribution in [-0.2, 0) is 0 Å². The predicted molar refractivity (Wildman–Crippen MR) is 103 cm³/mol. The molecule has 0 spiro atoms. The Morgan fingerprint density at radius 2 is 1.77 bits per heavy atom. The molecule has 1 aromatic heterocycles. The summed E-state index contributed by atoms with van der Waals surface area (Å²) in [5, 5.41) is 10.4. The van der Waals surface area contributed by atoms with Crippen LogP contribution < -0.4 is 5.63 Å². The molecule has 0 radical (unpaired) electrons. The first-order valence-electron chi connectivity index (χ1n) is 9.11. The standard InChI is InChI=1S/C22H21NO3/c24-20(14-19-22(25)26-21-9-5-4-8-18(21)23-19)17-12-10-16(11-13-17)15-6-2-1-3-7-15/h4-5,8-15,24H,1-3,6-7H2/b20-14-. The molecule has 0 amide bonds. The van der Waals surface area contributed by atoms with Gasteiger partial charge in [0.1, 0.15) is 11.3 Å². The summed E-state index contributed by atoms with van der Waals surface area (Å²) in [6.07, 6.45) is 7.77. The number of para-hydroxylation sites is 2. The molecule has 1 saturated carbocycles. The maximum atomic E-state index is 12.1. The van der Waals surface area contributed by atoms with Crippen molar-refractivity contribution in [3.05, 3.63) is 75.8 Å². The highest BCUT2D eigenvalue weighted by Gasteiger charge is 2.15. The molecule has 1 aliphatic rings. The molecule has 1 fully saturated rings. The summed E-state index contributed by atoms with van der Waals surface area (Å²) in [5.74, 6) is 0.633. The minimum atomic E-state index is -0.561. The maximum absolute atomic E-state index is 12.1. The zero-order valence-electron chi connectivity index (χ0n) is 14.5. The van der Waals surface area contributed by atoms with Gasteiger partial charge in [-0.15, -0.1) is 0 Å². The Hall–Kier alpha value is -2.88. The second-order valence-electron chi connectivity index (χ2n) is 6.84. The van der Waals surface area contributed by atoms with Gasteiger partial charge in [0.15, 0.2) is 11.3 Å². The number of nitrogens with zero attached hydrogens (tertiary/aromatic N) is 1. The minimum absolute atomic E-state index is 0.00951. The van der Waals surface area contributed by atoms with Gasteiger partial charge < -0.3 is 9.52 Å². The van der Waals surface area contributed by atoms with Crippen LogP contribution in [0.15, 0.2) is 57.7 Å². The molecule has 3 aromatic rings. The van der Waals surface area contributed by atoms with Crippen LogP contribution in [0.2, 0.25) is 0 Å². The Labute approximate surface area is 151 Å². The largest absolute Gasteiger partial charge is 0.507 e. The molecule has 1 heterocycles. The molecule has 4 heteroatoms. The second-order valence-corrected chi connectivity index (χ2v) is 6.84. The number of hydrogen-bond donors (Lipinski definition) is 1. The van der Waals surface area contributed by atoms with Crippen molar-refractivity contribution in [3.8, 4) is 0 Å². The van der Waals surface area contributed by atoms with E-state index in [2.05, 4.69) is 17.1 Å². The van der Waals surface area contributed by atoms with Crippen molar-refractivity contribution < 1.29 is 9.52 Å². The van der Waals surface area contributed by atoms with Gasteiger partial charge in [0.2, 0.25) is 0 Å². The highest BCUT2D eigenvalue weighted by molar-refractivity contribution is 5.78. The van der Waals surface area contributed by atoms with Crippen molar-refractivity contribution in [2.75, 3.05) is 0 Å². The molecule has 2 aromatic carbocycles. The Kier molecular flexibility index (Phi) is 4.57. The molecule has 0 saturated heterocycles. The Balaban J connectivity index is 1.61. The average Bonchev–Trinajstić information content (AvgIpc) is 2.69. The van der Waals surface area contributed by atoms with Crippen molar-refractivity contribution in [1.82, 2.24) is 4.98 Å². The first-order valence-corrected chi connectivity index (χ1v) is 9.11. The zero-order valence-corrected chi connectivity index (χ0v) is 14.5. The fourth-order valence-corrected chi connectivity index (χ4v) is 3.63. The van der Waals surface area contributed by atoms with Crippen molar-refractivity contribution >= 4 is 22.9 Å². The smallest absolute Gasteiger partial charge is 0.362 e. The van der Waals surface area contributed by atoms with E-state index in [0.717, 1.165) is 0 Å². The summed E-state index contributed by atoms with van der Waals surface area (Å²) in [5.41, 5.74) is 2.54. The molecule has 0 aliphatic heterocycles. The van der Waals surface area contributed by atoms with Gasteiger partial charge in [-0.2, -0.15) is 0 Å². The Morgan fingerprint density at radius 1 is 1.04 bits per heavy atom. The van der Waals surface area contributed by atoms with Crippen LogP contribution in [0.1, 0.15) is 54.8 Å². The molecule has 0 unspecified atom stereocenters. The van der Waals surface area contributed by atoms with E-state index in [0.29, 0.717) is 22.6 Å². The molecule has 26 heavy (non-hydrogen) atoms. The van der Waals surface area contributed by atoms with Gasteiger partial charge in [-0.3, -0.25) is 0 Å². The van der Waals surface area contributed by atoms with Crippen molar-refractivity contribution in [2.45, 2.75) is 38.0 Å². The van der Waals surface area contributed by atoms with Crippen molar-refractivity contribution in [3.63, 3.8) is 0 Å². The lowest BCUT2D eigenvalue weighted by Gasteiger charge is -2.22. The lowest BCUT2D eigenvalue weighted by Crippen LogP contribution is -2.06. The zero-order chi connectivity index (χ0) is 17.9. The van der Waals surface area contributed by atoms with Crippen molar-refractivity contribution in [2.24, 2.45) is 0 Å². The third-order valence-electron chi connectivity index (χ3n) is 5.07. The summed E-state index contributed by atoms with van der Waals surface area (Å²) in [4.78, 5) is 16.4. The number of aliphatic hydroxyl groups is 1. The quantitative estimate of drug-likeness (QED) is 0.654. The van der Waals surface area contributed by atoms with E-state index >= 15 is 0 Å². The van der Waals surface area contributed by atoms with E-state index in [1.54, 1.807) is 18.2 Å². The van der Waals surface area contributed by atoms with E-state index in [9.17, 15) is 9.90 Å². The lowest BCUT2D eigenvalue weighted by molar-refractivity contribution is 0.443. The number of aromatic nitrogens is 1. The topological polar surface area (TPSA) is 63.3 Å². The fraction of sp³-hybridized carbons (Fsp3) is 0.273. The van der Waals surface area contributed by atoms with E-state index < -0.39 is 5.63 Å². The third-order valence-corrected chi connectivity index (χ3v) is 5.07. The van der Waals surface area contributed by atoms with E-state index in [4.69, 9.17) is 4.42 Å². The highest BCUT2D eigenvalue weighted by atomic mass is 16.4. The first-order chi connectivity index (χ1) is 12.7. The molecular formula is C22H21NO3. The molecule has 0 atom stereocenters. The van der Waals surface area contributed by atoms with Gasteiger partial charge in [-0.1, -0.05) is 55.7 Å². The van der Waals surface area contributed by atoms with Crippen LogP contribution in [0.5, 0.6) is 0 Å². The maximum Gasteiger partial charge on any atom is 0.362 e. The summed E-state index contributed by atoms with van der Waals surface area (Å²) < 4.78 is 5.25. The highest BCUT2D eigenvalue weighted by Crippen LogP contribution is 2.33. The average molecular weight is 347 g/mol. The van der Waals surface area contributed by atoms with Gasteiger partial charge in [-0.25, -0.2) is 9.78 Å². The second kappa shape index (κ2) is 7.16. The molecule has 1 aliphatic carbocycles. The van der Waals surface area contributed by atoms with Gasteiger partial charge >= 0.3 is 5.63 Å². The molecular weight excluding hydrogens is 326 g/mol. The monoisotopic (exact) mass is 347 g/mol. The summed E-state index contributed by atoms with van der Waals surface area (Å²) in [6.45, 7) is 0. The number of rotatable bonds is 3. The Bertz CT molecular complexity index is 996. The van der Waals surface area contributed by atoms with Gasteiger partial charge in [0.25, 0.3) is 0 Å². The van der Waals surface area contributed by atoms with Crippen LogP contribution in [0.25, 0.3) is 22.9 Å². The van der Waals surface area contributed by atoms with Crippen LogP contribution in [0.3, 0.4) is 0 Å². The van der Waals surface area contributed by atoms with Gasteiger partial charge in [0, 0.05) is 11.6 Å². The molecule has 1 N–H and O–H groups in total. The molecule has 4 rings (SSSR count). The molecule has 4 nitrogen and oxygen atoms in total. The molecule has 0 bridgehead atoms. The SMILES string of the molecule is O=c1oc2ccccc2nc1/C=C(\O)c1ccc(C2CCCCC2)cc1. The number of fused-ring (bicyclic) bond motifs is 1. The van der Waals surface area contributed by atoms with E-state index in [1.165, 1.54) is 43.7 Å². The number of benzene rings is 2. The summed E-state index contributed by atoms with van der Waals surface area (Å²) in [7, 11) is 0. The summed E-state index contributed by atoms with van der Waals surface area (Å²) in [6, 6.07) is 15.0. The number of aliphatic hydroxyl groups excluding tert-OH is 1. The summed E-state index contributed by atoms with van der Waals surface area (Å²) >= 11 is 0. The third kappa shape index (κ3) is 3.40. The minimum Gasteiger partial charge on any atom is -0.507 e. The predicted octanol–water partition coefficient (Wildman–Crippen LogP) is 5.29. The van der Waals surface area contributed by atoms with E-state index in [1.807, 2.05) is 18.2 Å². The number of hydrogen-bond acceptors (Lipinski definition) is 4. The lowest BCUT2D eigenvalue weighted by atomic mass is 9.84. The Morgan fingerprint density at radius 3 is 2.54 bits per heavy atom. The molecule has 132 valence electrons. The fourth-order valence-electron chi connectivity index (χ4n) is 3.63. The van der Waals surface area contributed by atoms with Crippen LogP contribution in [0.4, 0.5) is 0 Å². The van der Waals surface area contributed by atoms with Crippen LogP contribution in [0, 0.1) is 0 Å². The van der Waals surface area contributed by atoms with Crippen molar-refractivity contribution in [1.29, 1.82) is 0 Å². The van der Waals surface area contributed by atoms with Crippen LogP contribution in [-0.4, -0.2) is 10.1 Å². The normalized spacial score (nSPS) is 16.1. The van der Waals surface area contributed by atoms with E-state index in [-0.39, 0.29) is 11.5 Å².